The van der Waals surface area contributed by atoms with E-state index in [9.17, 15) is 14.9 Å². The quantitative estimate of drug-likeness (QED) is 0.612. The third-order valence-electron chi connectivity index (χ3n) is 2.57. The topological polar surface area (TPSA) is 97.2 Å². The molecule has 98 valence electrons. The van der Waals surface area contributed by atoms with Crippen LogP contribution in [0.3, 0.4) is 0 Å². The fraction of sp³-hybridized carbons (Fsp3) is 0.455. The van der Waals surface area contributed by atoms with Crippen molar-refractivity contribution >= 4 is 17.4 Å². The molecule has 0 fully saturated rings. The van der Waals surface area contributed by atoms with Crippen LogP contribution in [0.5, 0.6) is 0 Å². The van der Waals surface area contributed by atoms with Crippen LogP contribution in [-0.4, -0.2) is 28.9 Å². The second-order valence-corrected chi connectivity index (χ2v) is 3.88. The van der Waals surface area contributed by atoms with E-state index in [4.69, 9.17) is 0 Å². The highest BCUT2D eigenvalue weighted by Gasteiger charge is 2.22. The largest absolute Gasteiger partial charge is 0.373 e. The summed E-state index contributed by atoms with van der Waals surface area (Å²) in [5.41, 5.74) is -0.283. The van der Waals surface area contributed by atoms with Gasteiger partial charge in [0.25, 0.3) is 11.6 Å². The molecule has 2 N–H and O–H groups in total. The Morgan fingerprint density at radius 3 is 2.78 bits per heavy atom. The molecule has 0 aliphatic heterocycles. The first kappa shape index (κ1) is 13.9. The van der Waals surface area contributed by atoms with Gasteiger partial charge in [-0.1, -0.05) is 6.92 Å². The first-order valence-electron chi connectivity index (χ1n) is 5.62. The van der Waals surface area contributed by atoms with Crippen LogP contribution in [0.2, 0.25) is 0 Å². The van der Waals surface area contributed by atoms with E-state index in [1.165, 1.54) is 6.07 Å². The number of nitrogens with zero attached hydrogens (tertiary/aromatic N) is 2. The molecule has 7 heteroatoms. The van der Waals surface area contributed by atoms with Gasteiger partial charge in [0.2, 0.25) is 0 Å². The number of amides is 1. The van der Waals surface area contributed by atoms with Crippen LogP contribution >= 0.6 is 0 Å². The molecule has 18 heavy (non-hydrogen) atoms. The summed E-state index contributed by atoms with van der Waals surface area (Å²) in [5.74, 6) is -0.0511. The molecular weight excluding hydrogens is 236 g/mol. The number of hydrogen-bond acceptors (Lipinski definition) is 5. The van der Waals surface area contributed by atoms with Crippen LogP contribution in [0, 0.1) is 10.1 Å². The van der Waals surface area contributed by atoms with Gasteiger partial charge in [-0.3, -0.25) is 14.9 Å². The van der Waals surface area contributed by atoms with Crippen molar-refractivity contribution in [2.24, 2.45) is 0 Å². The molecule has 0 aliphatic carbocycles. The molecule has 1 aromatic rings. The predicted molar refractivity (Wildman–Crippen MR) is 67.7 cm³/mol. The number of carbonyl (C=O) groups is 1. The smallest absolute Gasteiger partial charge is 0.300 e. The van der Waals surface area contributed by atoms with Gasteiger partial charge in [0.15, 0.2) is 0 Å². The Hall–Kier alpha value is -2.18. The number of rotatable bonds is 5. The van der Waals surface area contributed by atoms with E-state index in [0.29, 0.717) is 5.82 Å². The molecule has 7 nitrogen and oxygen atoms in total. The molecule has 1 unspecified atom stereocenters. The highest BCUT2D eigenvalue weighted by molar-refractivity contribution is 5.98. The van der Waals surface area contributed by atoms with Crippen molar-refractivity contribution in [1.82, 2.24) is 10.3 Å². The zero-order valence-corrected chi connectivity index (χ0v) is 10.6. The summed E-state index contributed by atoms with van der Waals surface area (Å²) in [6.07, 6.45) is 1.83. The Labute approximate surface area is 105 Å². The molecule has 1 atom stereocenters. The maximum absolute atomic E-state index is 11.9. The first-order chi connectivity index (χ1) is 8.49. The van der Waals surface area contributed by atoms with Crippen molar-refractivity contribution in [3.63, 3.8) is 0 Å². The maximum atomic E-state index is 11.9. The third-order valence-corrected chi connectivity index (χ3v) is 2.57. The van der Waals surface area contributed by atoms with Gasteiger partial charge in [0.1, 0.15) is 17.6 Å². The van der Waals surface area contributed by atoms with Gasteiger partial charge in [0.05, 0.1) is 4.92 Å². The zero-order valence-electron chi connectivity index (χ0n) is 10.6. The van der Waals surface area contributed by atoms with Gasteiger partial charge < -0.3 is 10.6 Å². The van der Waals surface area contributed by atoms with Crippen LogP contribution in [0.15, 0.2) is 12.3 Å². The molecule has 0 spiro atoms. The lowest BCUT2D eigenvalue weighted by Gasteiger charge is -2.11. The van der Waals surface area contributed by atoms with E-state index >= 15 is 0 Å². The van der Waals surface area contributed by atoms with E-state index in [1.54, 1.807) is 7.05 Å². The van der Waals surface area contributed by atoms with E-state index in [0.717, 1.165) is 12.6 Å². The van der Waals surface area contributed by atoms with Gasteiger partial charge >= 0.3 is 0 Å². The Morgan fingerprint density at radius 1 is 1.61 bits per heavy atom. The Morgan fingerprint density at radius 2 is 2.28 bits per heavy atom. The van der Waals surface area contributed by atoms with Gasteiger partial charge in [-0.25, -0.2) is 4.98 Å². The number of aromatic nitrogens is 1. The Balaban J connectivity index is 3.10. The zero-order chi connectivity index (χ0) is 13.7. The van der Waals surface area contributed by atoms with Crippen LogP contribution in [0.4, 0.5) is 11.5 Å². The summed E-state index contributed by atoms with van der Waals surface area (Å²) in [6, 6.07) is 1.33. The fourth-order valence-electron chi connectivity index (χ4n) is 1.32. The summed E-state index contributed by atoms with van der Waals surface area (Å²) in [6.45, 7) is 3.76. The molecule has 0 bridgehead atoms. The molecule has 0 saturated carbocycles. The van der Waals surface area contributed by atoms with E-state index < -0.39 is 10.8 Å². The summed E-state index contributed by atoms with van der Waals surface area (Å²) in [4.78, 5) is 26.0. The van der Waals surface area contributed by atoms with E-state index in [2.05, 4.69) is 15.6 Å². The van der Waals surface area contributed by atoms with Crippen LogP contribution in [0.1, 0.15) is 30.6 Å². The summed E-state index contributed by atoms with van der Waals surface area (Å²) >= 11 is 0. The number of hydrogen-bond donors (Lipinski definition) is 2. The van der Waals surface area contributed by atoms with E-state index in [1.807, 2.05) is 13.8 Å². The van der Waals surface area contributed by atoms with Gasteiger partial charge in [-0.15, -0.1) is 0 Å². The highest BCUT2D eigenvalue weighted by Crippen LogP contribution is 2.20. The highest BCUT2D eigenvalue weighted by atomic mass is 16.6. The lowest BCUT2D eigenvalue weighted by atomic mass is 10.2. The molecule has 1 rings (SSSR count). The SMILES string of the molecule is CCC(C)NC(=O)c1cc(NC)ncc1[N+](=O)[O-]. The van der Waals surface area contributed by atoms with Crippen molar-refractivity contribution in [2.75, 3.05) is 12.4 Å². The standard InChI is InChI=1S/C11H16N4O3/c1-4-7(2)14-11(16)8-5-10(12-3)13-6-9(8)15(17)18/h5-7H,4H2,1-3H3,(H,12,13)(H,14,16). The van der Waals surface area contributed by atoms with Gasteiger partial charge in [0, 0.05) is 19.2 Å². The number of carbonyl (C=O) groups excluding carboxylic acids is 1. The molecule has 0 radical (unpaired) electrons. The van der Waals surface area contributed by atoms with Crippen LogP contribution < -0.4 is 10.6 Å². The molecule has 0 saturated heterocycles. The monoisotopic (exact) mass is 252 g/mol. The second-order valence-electron chi connectivity index (χ2n) is 3.88. The van der Waals surface area contributed by atoms with Crippen LogP contribution in [0.25, 0.3) is 0 Å². The minimum absolute atomic E-state index is 0.0136. The van der Waals surface area contributed by atoms with Crippen molar-refractivity contribution in [3.05, 3.63) is 27.9 Å². The summed E-state index contributed by atoms with van der Waals surface area (Å²) in [7, 11) is 1.63. The normalized spacial score (nSPS) is 11.7. The van der Waals surface area contributed by atoms with Crippen molar-refractivity contribution < 1.29 is 9.72 Å². The molecule has 0 aromatic carbocycles. The Bertz CT molecular complexity index is 462. The average Bonchev–Trinajstić information content (AvgIpc) is 2.37. The van der Waals surface area contributed by atoms with E-state index in [-0.39, 0.29) is 17.3 Å². The molecule has 0 aliphatic rings. The first-order valence-corrected chi connectivity index (χ1v) is 5.62. The van der Waals surface area contributed by atoms with Gasteiger partial charge in [-0.2, -0.15) is 0 Å². The molecular formula is C11H16N4O3. The lowest BCUT2D eigenvalue weighted by Crippen LogP contribution is -2.32. The molecule has 1 heterocycles. The lowest BCUT2D eigenvalue weighted by molar-refractivity contribution is -0.385. The summed E-state index contributed by atoms with van der Waals surface area (Å²) in [5, 5.41) is 16.3. The Kier molecular flexibility index (Phi) is 4.59. The molecule has 1 amide bonds. The number of pyridine rings is 1. The fourth-order valence-corrected chi connectivity index (χ4v) is 1.32. The van der Waals surface area contributed by atoms with Gasteiger partial charge in [-0.05, 0) is 13.3 Å². The average molecular weight is 252 g/mol. The molecule has 1 aromatic heterocycles. The van der Waals surface area contributed by atoms with Crippen LogP contribution in [-0.2, 0) is 0 Å². The maximum Gasteiger partial charge on any atom is 0.300 e. The predicted octanol–water partition coefficient (Wildman–Crippen LogP) is 1.56. The number of nitrogens with one attached hydrogen (secondary N) is 2. The number of anilines is 1. The van der Waals surface area contributed by atoms with Crippen molar-refractivity contribution in [1.29, 1.82) is 0 Å². The minimum atomic E-state index is -0.613. The summed E-state index contributed by atoms with van der Waals surface area (Å²) < 4.78 is 0. The van der Waals surface area contributed by atoms with Crippen molar-refractivity contribution in [3.8, 4) is 0 Å². The minimum Gasteiger partial charge on any atom is -0.373 e. The second kappa shape index (κ2) is 5.95. The van der Waals surface area contributed by atoms with Crippen molar-refractivity contribution in [2.45, 2.75) is 26.3 Å². The third kappa shape index (κ3) is 3.16. The number of nitro groups is 1.